The molecule has 0 bridgehead atoms. The van der Waals surface area contributed by atoms with Crippen LogP contribution in [0.15, 0.2) is 17.5 Å². The van der Waals surface area contributed by atoms with Crippen molar-refractivity contribution in [1.82, 2.24) is 30.0 Å². The molecule has 1 fully saturated rings. The average molecular weight is 456 g/mol. The molecule has 1 N–H and O–H groups in total. The molecule has 4 rings (SSSR count). The van der Waals surface area contributed by atoms with Crippen LogP contribution in [0.3, 0.4) is 0 Å². The molecule has 0 radical (unpaired) electrons. The summed E-state index contributed by atoms with van der Waals surface area (Å²) in [4.78, 5) is 28.6. The molecule has 162 valence electrons. The predicted molar refractivity (Wildman–Crippen MR) is 124 cm³/mol. The van der Waals surface area contributed by atoms with Crippen LogP contribution >= 0.6 is 22.7 Å². The number of hydrogen-bond acceptors (Lipinski definition) is 9. The summed E-state index contributed by atoms with van der Waals surface area (Å²) in [5, 5.41) is 16.2. The fourth-order valence-corrected chi connectivity index (χ4v) is 4.80. The van der Waals surface area contributed by atoms with E-state index >= 15 is 0 Å². The predicted octanol–water partition coefficient (Wildman–Crippen LogP) is 4.47. The highest BCUT2D eigenvalue weighted by molar-refractivity contribution is 7.15. The second kappa shape index (κ2) is 9.61. The molecular weight excluding hydrogens is 430 g/mol. The lowest BCUT2D eigenvalue weighted by molar-refractivity contribution is -0.129. The monoisotopic (exact) mass is 455 g/mol. The average Bonchev–Trinajstić information content (AvgIpc) is 3.40. The van der Waals surface area contributed by atoms with E-state index in [0.29, 0.717) is 23.3 Å². The molecule has 0 unspecified atom stereocenters. The van der Waals surface area contributed by atoms with Crippen molar-refractivity contribution in [3.63, 3.8) is 0 Å². The first-order valence-corrected chi connectivity index (χ1v) is 12.1. The van der Waals surface area contributed by atoms with Gasteiger partial charge >= 0.3 is 0 Å². The lowest BCUT2D eigenvalue weighted by Crippen LogP contribution is -2.38. The zero-order valence-electron chi connectivity index (χ0n) is 17.8. The number of rotatable bonds is 6. The molecule has 31 heavy (non-hydrogen) atoms. The smallest absolute Gasteiger partial charge is 0.247 e. The number of piperidine rings is 1. The zero-order valence-corrected chi connectivity index (χ0v) is 19.5. The number of hydrogen-bond donors (Lipinski definition) is 1. The molecule has 0 spiro atoms. The number of likely N-dealkylation sites (tertiary alicyclic amines) is 1. The maximum absolute atomic E-state index is 13.0. The third kappa shape index (κ3) is 5.31. The van der Waals surface area contributed by atoms with Crippen molar-refractivity contribution in [2.45, 2.75) is 52.5 Å². The first-order valence-electron chi connectivity index (χ1n) is 10.4. The van der Waals surface area contributed by atoms with Gasteiger partial charge in [0, 0.05) is 29.8 Å². The Morgan fingerprint density at radius 3 is 2.87 bits per heavy atom. The van der Waals surface area contributed by atoms with Gasteiger partial charge in [0.25, 0.3) is 0 Å². The second-order valence-corrected chi connectivity index (χ2v) is 9.52. The van der Waals surface area contributed by atoms with Crippen LogP contribution in [-0.2, 0) is 11.2 Å². The molecule has 1 aliphatic rings. The van der Waals surface area contributed by atoms with Gasteiger partial charge in [0.05, 0.1) is 16.7 Å². The van der Waals surface area contributed by atoms with Crippen LogP contribution in [0.2, 0.25) is 0 Å². The molecule has 1 saturated heterocycles. The van der Waals surface area contributed by atoms with E-state index in [0.717, 1.165) is 47.1 Å². The van der Waals surface area contributed by atoms with E-state index in [9.17, 15) is 4.79 Å². The number of carbonyl (C=O) groups excluding carboxylic acids is 1. The van der Waals surface area contributed by atoms with Crippen molar-refractivity contribution >= 4 is 45.6 Å². The van der Waals surface area contributed by atoms with Gasteiger partial charge in [-0.1, -0.05) is 18.3 Å². The molecule has 0 aromatic carbocycles. The maximum atomic E-state index is 13.0. The Hall–Kier alpha value is -2.72. The van der Waals surface area contributed by atoms with Crippen molar-refractivity contribution < 1.29 is 4.79 Å². The maximum Gasteiger partial charge on any atom is 0.247 e. The number of anilines is 2. The van der Waals surface area contributed by atoms with E-state index in [-0.39, 0.29) is 11.9 Å². The summed E-state index contributed by atoms with van der Waals surface area (Å²) in [5.41, 5.74) is 1.66. The van der Waals surface area contributed by atoms with Gasteiger partial charge in [0.15, 0.2) is 5.82 Å². The van der Waals surface area contributed by atoms with E-state index in [1.165, 1.54) is 11.3 Å². The van der Waals surface area contributed by atoms with E-state index in [2.05, 4.69) is 32.4 Å². The highest BCUT2D eigenvalue weighted by atomic mass is 32.1. The van der Waals surface area contributed by atoms with E-state index < -0.39 is 0 Å². The van der Waals surface area contributed by atoms with Crippen LogP contribution in [0.4, 0.5) is 10.9 Å². The molecule has 4 heterocycles. The quantitative estimate of drug-likeness (QED) is 0.548. The van der Waals surface area contributed by atoms with Gasteiger partial charge in [-0.05, 0) is 45.6 Å². The third-order valence-electron chi connectivity index (χ3n) is 4.99. The molecule has 10 heteroatoms. The first-order chi connectivity index (χ1) is 15.0. The van der Waals surface area contributed by atoms with Crippen molar-refractivity contribution in [3.05, 3.63) is 44.7 Å². The number of aromatic nitrogens is 5. The SMILES string of the molecule is CCc1nnc(Nc2cc(C)nc([C@H]3CCCCN3C(=O)/C=C/c3csc(C)n3)n2)s1. The third-order valence-corrected chi connectivity index (χ3v) is 6.77. The van der Waals surface area contributed by atoms with Crippen LogP contribution in [-0.4, -0.2) is 42.5 Å². The van der Waals surface area contributed by atoms with Gasteiger partial charge in [0.1, 0.15) is 10.8 Å². The van der Waals surface area contributed by atoms with Crippen LogP contribution in [0.25, 0.3) is 6.08 Å². The standard InChI is InChI=1S/C21H25N7OS2/c1-4-18-26-27-21(31-18)25-17-11-13(2)22-20(24-17)16-7-5-6-10-28(16)19(29)9-8-15-12-30-14(3)23-15/h8-9,11-12,16H,4-7,10H2,1-3H3,(H,22,24,25,27)/b9-8+/t16-/m1/s1. The van der Waals surface area contributed by atoms with Gasteiger partial charge in [-0.3, -0.25) is 4.79 Å². The fourth-order valence-electron chi connectivity index (χ4n) is 3.53. The summed E-state index contributed by atoms with van der Waals surface area (Å²) in [6, 6.07) is 1.74. The van der Waals surface area contributed by atoms with Crippen LogP contribution in [0, 0.1) is 13.8 Å². The summed E-state index contributed by atoms with van der Waals surface area (Å²) in [7, 11) is 0. The Kier molecular flexibility index (Phi) is 6.67. The van der Waals surface area contributed by atoms with Crippen molar-refractivity contribution in [1.29, 1.82) is 0 Å². The summed E-state index contributed by atoms with van der Waals surface area (Å²) in [5.74, 6) is 1.30. The molecule has 8 nitrogen and oxygen atoms in total. The van der Waals surface area contributed by atoms with Gasteiger partial charge in [0.2, 0.25) is 11.0 Å². The summed E-state index contributed by atoms with van der Waals surface area (Å²) in [6.45, 7) is 6.64. The van der Waals surface area contributed by atoms with E-state index in [1.54, 1.807) is 23.5 Å². The largest absolute Gasteiger partial charge is 0.329 e. The number of amides is 1. The lowest BCUT2D eigenvalue weighted by atomic mass is 10.0. The first kappa shape index (κ1) is 21.5. The summed E-state index contributed by atoms with van der Waals surface area (Å²) >= 11 is 3.09. The van der Waals surface area contributed by atoms with Crippen molar-refractivity contribution in [2.75, 3.05) is 11.9 Å². The number of thiazole rings is 1. The Morgan fingerprint density at radius 2 is 2.13 bits per heavy atom. The molecule has 1 atom stereocenters. The topological polar surface area (TPSA) is 96.8 Å². The van der Waals surface area contributed by atoms with E-state index in [4.69, 9.17) is 4.98 Å². The second-order valence-electron chi connectivity index (χ2n) is 7.40. The summed E-state index contributed by atoms with van der Waals surface area (Å²) in [6.07, 6.45) is 7.10. The molecule has 1 aliphatic heterocycles. The fraction of sp³-hybridized carbons (Fsp3) is 0.429. The minimum Gasteiger partial charge on any atom is -0.329 e. The highest BCUT2D eigenvalue weighted by Gasteiger charge is 2.29. The van der Waals surface area contributed by atoms with Gasteiger partial charge < -0.3 is 10.2 Å². The summed E-state index contributed by atoms with van der Waals surface area (Å²) < 4.78 is 0. The van der Waals surface area contributed by atoms with Crippen LogP contribution < -0.4 is 5.32 Å². The van der Waals surface area contributed by atoms with Gasteiger partial charge in [-0.25, -0.2) is 15.0 Å². The number of nitrogens with one attached hydrogen (secondary N) is 1. The Morgan fingerprint density at radius 1 is 1.26 bits per heavy atom. The van der Waals surface area contributed by atoms with E-state index in [1.807, 2.05) is 30.2 Å². The van der Waals surface area contributed by atoms with Gasteiger partial charge in [-0.2, -0.15) is 0 Å². The Labute approximate surface area is 189 Å². The molecule has 3 aromatic rings. The van der Waals surface area contributed by atoms with Crippen LogP contribution in [0.5, 0.6) is 0 Å². The molecular formula is C21H25N7OS2. The molecule has 3 aromatic heterocycles. The Bertz CT molecular complexity index is 1090. The van der Waals surface area contributed by atoms with Crippen molar-refractivity contribution in [2.24, 2.45) is 0 Å². The van der Waals surface area contributed by atoms with Crippen molar-refractivity contribution in [3.8, 4) is 0 Å². The minimum absolute atomic E-state index is 0.0355. The zero-order chi connectivity index (χ0) is 21.8. The molecule has 0 aliphatic carbocycles. The number of nitrogens with zero attached hydrogens (tertiary/aromatic N) is 6. The molecule has 0 saturated carbocycles. The Balaban J connectivity index is 1.54. The normalized spacial score (nSPS) is 16.7. The minimum atomic E-state index is -0.149. The van der Waals surface area contributed by atoms with Crippen LogP contribution in [0.1, 0.15) is 59.5 Å². The number of carbonyl (C=O) groups is 1. The highest BCUT2D eigenvalue weighted by Crippen LogP contribution is 2.31. The lowest BCUT2D eigenvalue weighted by Gasteiger charge is -2.34. The molecule has 1 amide bonds. The van der Waals surface area contributed by atoms with Gasteiger partial charge in [-0.15, -0.1) is 21.5 Å². The number of aryl methyl sites for hydroxylation is 3.